The quantitative estimate of drug-likeness (QED) is 0.359. The summed E-state index contributed by atoms with van der Waals surface area (Å²) in [7, 11) is -3.62. The lowest BCUT2D eigenvalue weighted by Crippen LogP contribution is -2.44. The molecule has 9 nitrogen and oxygen atoms in total. The van der Waals surface area contributed by atoms with Crippen LogP contribution in [0, 0.1) is 0 Å². The standard InChI is InChI=1S/C11H13IN2O7S/c1-22(17,18)20-5-11-4-19-7(8(11)12)9(21-11)14-3-2-6(15)13-10(14)16/h2-3,7-9H,4-5H2,1H3,(H,13,15,16)/t7-,8?,9+,11+/m0/s1. The van der Waals surface area contributed by atoms with Gasteiger partial charge in [0.1, 0.15) is 11.7 Å². The highest BCUT2D eigenvalue weighted by Gasteiger charge is 2.61. The first-order chi connectivity index (χ1) is 10.2. The minimum Gasteiger partial charge on any atom is -0.369 e. The maximum absolute atomic E-state index is 11.9. The molecule has 4 atom stereocenters. The van der Waals surface area contributed by atoms with Crippen LogP contribution in [0.3, 0.4) is 0 Å². The average Bonchev–Trinajstić information content (AvgIpc) is 2.87. The Hall–Kier alpha value is -0.760. The molecule has 2 aliphatic rings. The second-order valence-electron chi connectivity index (χ2n) is 5.23. The van der Waals surface area contributed by atoms with Crippen LogP contribution in [0.4, 0.5) is 0 Å². The summed E-state index contributed by atoms with van der Waals surface area (Å²) in [5.41, 5.74) is -2.07. The predicted molar refractivity (Wildman–Crippen MR) is 82.5 cm³/mol. The van der Waals surface area contributed by atoms with Crippen molar-refractivity contribution in [1.29, 1.82) is 0 Å². The molecule has 2 fully saturated rings. The van der Waals surface area contributed by atoms with E-state index in [1.165, 1.54) is 16.8 Å². The molecule has 0 spiro atoms. The molecule has 1 N–H and O–H groups in total. The Kier molecular flexibility index (Phi) is 3.96. The zero-order valence-corrected chi connectivity index (χ0v) is 14.4. The minimum absolute atomic E-state index is 0.176. The van der Waals surface area contributed by atoms with Gasteiger partial charge >= 0.3 is 5.69 Å². The summed E-state index contributed by atoms with van der Waals surface area (Å²) >= 11 is 2.10. The monoisotopic (exact) mass is 444 g/mol. The fourth-order valence-corrected chi connectivity index (χ4v) is 4.02. The third-order valence-corrected chi connectivity index (χ3v) is 5.98. The molecule has 2 saturated heterocycles. The van der Waals surface area contributed by atoms with Crippen LogP contribution in [0.1, 0.15) is 6.23 Å². The van der Waals surface area contributed by atoms with E-state index < -0.39 is 39.3 Å². The van der Waals surface area contributed by atoms with E-state index in [1.54, 1.807) is 0 Å². The topological polar surface area (TPSA) is 117 Å². The summed E-state index contributed by atoms with van der Waals surface area (Å²) < 4.78 is 39.8. The van der Waals surface area contributed by atoms with Crippen LogP contribution in [-0.2, 0) is 23.8 Å². The smallest absolute Gasteiger partial charge is 0.330 e. The van der Waals surface area contributed by atoms with Crippen LogP contribution in [0.2, 0.25) is 0 Å². The number of hydrogen-bond acceptors (Lipinski definition) is 7. The molecule has 0 amide bonds. The van der Waals surface area contributed by atoms with Gasteiger partial charge in [0, 0.05) is 12.3 Å². The van der Waals surface area contributed by atoms with Crippen LogP contribution in [-0.4, -0.2) is 53.1 Å². The molecule has 0 radical (unpaired) electrons. The molecule has 2 bridgehead atoms. The van der Waals surface area contributed by atoms with Crippen molar-refractivity contribution in [3.63, 3.8) is 0 Å². The maximum Gasteiger partial charge on any atom is 0.330 e. The summed E-state index contributed by atoms with van der Waals surface area (Å²) in [6.45, 7) is -0.0139. The van der Waals surface area contributed by atoms with Gasteiger partial charge in [-0.15, -0.1) is 0 Å². The van der Waals surface area contributed by atoms with Gasteiger partial charge in [-0.1, -0.05) is 22.6 Å². The summed E-state index contributed by atoms with van der Waals surface area (Å²) in [4.78, 5) is 25.1. The molecular weight excluding hydrogens is 431 g/mol. The van der Waals surface area contributed by atoms with Crippen molar-refractivity contribution in [2.24, 2.45) is 0 Å². The Balaban J connectivity index is 1.89. The first-order valence-electron chi connectivity index (χ1n) is 6.31. The van der Waals surface area contributed by atoms with Gasteiger partial charge in [-0.05, 0) is 0 Å². The molecule has 2 aliphatic heterocycles. The van der Waals surface area contributed by atoms with Crippen LogP contribution in [0.15, 0.2) is 21.9 Å². The Labute approximate surface area is 138 Å². The van der Waals surface area contributed by atoms with E-state index in [4.69, 9.17) is 13.7 Å². The summed E-state index contributed by atoms with van der Waals surface area (Å²) in [6.07, 6.45) is 1.10. The molecule has 1 unspecified atom stereocenters. The zero-order valence-electron chi connectivity index (χ0n) is 11.4. The summed E-state index contributed by atoms with van der Waals surface area (Å²) in [5.74, 6) is 0. The lowest BCUT2D eigenvalue weighted by Gasteiger charge is -2.30. The van der Waals surface area contributed by atoms with Crippen LogP contribution in [0.25, 0.3) is 0 Å². The normalized spacial score (nSPS) is 34.2. The second-order valence-corrected chi connectivity index (χ2v) is 8.22. The maximum atomic E-state index is 11.9. The number of fused-ring (bicyclic) bond motifs is 2. The Morgan fingerprint density at radius 2 is 2.27 bits per heavy atom. The molecule has 3 rings (SSSR count). The Bertz CT molecular complexity index is 803. The van der Waals surface area contributed by atoms with Crippen LogP contribution < -0.4 is 11.2 Å². The zero-order chi connectivity index (χ0) is 16.1. The minimum atomic E-state index is -3.62. The van der Waals surface area contributed by atoms with Crippen molar-refractivity contribution in [3.05, 3.63) is 33.1 Å². The first-order valence-corrected chi connectivity index (χ1v) is 9.37. The van der Waals surface area contributed by atoms with E-state index in [9.17, 15) is 18.0 Å². The number of halogens is 1. The van der Waals surface area contributed by atoms with Gasteiger partial charge in [-0.3, -0.25) is 18.5 Å². The van der Waals surface area contributed by atoms with Crippen LogP contribution in [0.5, 0.6) is 0 Å². The molecule has 0 saturated carbocycles. The third-order valence-electron chi connectivity index (χ3n) is 3.59. The highest BCUT2D eigenvalue weighted by molar-refractivity contribution is 14.1. The molecule has 11 heteroatoms. The first kappa shape index (κ1) is 16.1. The molecular formula is C11H13IN2O7S. The molecule has 1 aromatic heterocycles. The summed E-state index contributed by atoms with van der Waals surface area (Å²) in [6, 6.07) is 1.21. The third kappa shape index (κ3) is 2.75. The SMILES string of the molecule is CS(=O)(=O)OC[C@]12CO[C@@H](C1I)[C@H](n1ccc(=O)[nH]c1=O)O2. The molecule has 122 valence electrons. The van der Waals surface area contributed by atoms with E-state index in [0.29, 0.717) is 0 Å². The lowest BCUT2D eigenvalue weighted by atomic mass is 10.0. The van der Waals surface area contributed by atoms with Gasteiger partial charge < -0.3 is 9.47 Å². The average molecular weight is 444 g/mol. The fraction of sp³-hybridized carbons (Fsp3) is 0.636. The number of aromatic nitrogens is 2. The molecule has 3 heterocycles. The second kappa shape index (κ2) is 5.40. The number of nitrogens with one attached hydrogen (secondary N) is 1. The van der Waals surface area contributed by atoms with Crippen LogP contribution >= 0.6 is 22.6 Å². The largest absolute Gasteiger partial charge is 0.369 e. The number of H-pyrrole nitrogens is 1. The number of nitrogens with zero attached hydrogens (tertiary/aromatic N) is 1. The van der Waals surface area contributed by atoms with E-state index in [2.05, 4.69) is 27.6 Å². The number of rotatable bonds is 4. The van der Waals surface area contributed by atoms with Crippen molar-refractivity contribution in [2.75, 3.05) is 19.5 Å². The Morgan fingerprint density at radius 3 is 2.91 bits per heavy atom. The number of ether oxygens (including phenoxy) is 2. The van der Waals surface area contributed by atoms with Gasteiger partial charge in [-0.2, -0.15) is 8.42 Å². The van der Waals surface area contributed by atoms with Gasteiger partial charge in [0.05, 0.1) is 23.4 Å². The van der Waals surface area contributed by atoms with Crippen molar-refractivity contribution in [1.82, 2.24) is 9.55 Å². The lowest BCUT2D eigenvalue weighted by molar-refractivity contribution is -0.181. The Morgan fingerprint density at radius 1 is 1.55 bits per heavy atom. The van der Waals surface area contributed by atoms with E-state index in [0.717, 1.165) is 6.26 Å². The summed E-state index contributed by atoms with van der Waals surface area (Å²) in [5, 5.41) is 0. The van der Waals surface area contributed by atoms with Crippen molar-refractivity contribution < 1.29 is 22.1 Å². The van der Waals surface area contributed by atoms with E-state index >= 15 is 0 Å². The van der Waals surface area contributed by atoms with Crippen molar-refractivity contribution in [2.45, 2.75) is 21.9 Å². The molecule has 0 aromatic carbocycles. The van der Waals surface area contributed by atoms with Gasteiger partial charge in [0.2, 0.25) is 0 Å². The fourth-order valence-electron chi connectivity index (χ4n) is 2.54. The number of aromatic amines is 1. The van der Waals surface area contributed by atoms with E-state index in [-0.39, 0.29) is 17.1 Å². The van der Waals surface area contributed by atoms with Gasteiger partial charge in [0.15, 0.2) is 6.23 Å². The molecule has 0 aliphatic carbocycles. The molecule has 1 aromatic rings. The number of alkyl halides is 1. The van der Waals surface area contributed by atoms with Gasteiger partial charge in [-0.25, -0.2) is 4.79 Å². The van der Waals surface area contributed by atoms with Crippen molar-refractivity contribution in [3.8, 4) is 0 Å². The van der Waals surface area contributed by atoms with E-state index in [1.807, 2.05) is 0 Å². The van der Waals surface area contributed by atoms with Crippen molar-refractivity contribution >= 4 is 32.7 Å². The highest BCUT2D eigenvalue weighted by Crippen LogP contribution is 2.48. The number of hydrogen-bond donors (Lipinski definition) is 1. The molecule has 22 heavy (non-hydrogen) atoms. The van der Waals surface area contributed by atoms with Gasteiger partial charge in [0.25, 0.3) is 15.7 Å². The predicted octanol–water partition coefficient (Wildman–Crippen LogP) is -1.02. The highest BCUT2D eigenvalue weighted by atomic mass is 127.